The van der Waals surface area contributed by atoms with Gasteiger partial charge in [0.2, 0.25) is 0 Å². The van der Waals surface area contributed by atoms with Crippen molar-refractivity contribution in [2.75, 3.05) is 13.1 Å². The third-order valence-corrected chi connectivity index (χ3v) is 11.8. The van der Waals surface area contributed by atoms with Crippen molar-refractivity contribution in [3.8, 4) is 0 Å². The molecule has 0 bridgehead atoms. The number of hydrogen-bond donors (Lipinski definition) is 0. The van der Waals surface area contributed by atoms with E-state index in [0.717, 1.165) is 0 Å². The molecule has 0 rings (SSSR count). The molecule has 0 spiro atoms. The summed E-state index contributed by atoms with van der Waals surface area (Å²) in [5.41, 5.74) is 0.369. The molecular weight excluding hydrogens is 591 g/mol. The van der Waals surface area contributed by atoms with Gasteiger partial charge in [-0.15, -0.1) is 0 Å². The molecule has 1 nitrogen and oxygen atoms in total. The molecule has 0 aliphatic heterocycles. The molecule has 0 fully saturated rings. The zero-order valence-corrected chi connectivity index (χ0v) is 35.6. The van der Waals surface area contributed by atoms with Crippen molar-refractivity contribution in [2.45, 2.75) is 297 Å². The summed E-state index contributed by atoms with van der Waals surface area (Å²) in [6.07, 6.45) is 58.2. The molecule has 0 amide bonds. The zero-order chi connectivity index (χ0) is 35.8. The Morgan fingerprint density at radius 3 is 0.653 bits per heavy atom. The Morgan fingerprint density at radius 2 is 0.429 bits per heavy atom. The average molecular weight is 690 g/mol. The van der Waals surface area contributed by atoms with Crippen molar-refractivity contribution in [3.05, 3.63) is 0 Å². The SMILES string of the molecule is CCCCCCCCCCCCCCCCCCN(CCCCCCCCCCCCCCCCCC)C(C)(C)CCCCCCCCC. The molecule has 0 aromatic rings. The van der Waals surface area contributed by atoms with E-state index in [1.165, 1.54) is 270 Å². The molecule has 0 atom stereocenters. The molecule has 0 unspecified atom stereocenters. The average Bonchev–Trinajstić information content (AvgIpc) is 3.09. The van der Waals surface area contributed by atoms with E-state index in [1.54, 1.807) is 0 Å². The summed E-state index contributed by atoms with van der Waals surface area (Å²) in [6, 6.07) is 0. The van der Waals surface area contributed by atoms with Crippen LogP contribution < -0.4 is 0 Å². The fourth-order valence-corrected chi connectivity index (χ4v) is 8.09. The maximum atomic E-state index is 2.93. The maximum absolute atomic E-state index is 2.93. The first kappa shape index (κ1) is 49.0. The van der Waals surface area contributed by atoms with Gasteiger partial charge in [-0.2, -0.15) is 0 Å². The van der Waals surface area contributed by atoms with Crippen LogP contribution in [-0.2, 0) is 0 Å². The highest BCUT2D eigenvalue weighted by atomic mass is 15.2. The summed E-state index contributed by atoms with van der Waals surface area (Å²) in [5.74, 6) is 0. The van der Waals surface area contributed by atoms with Gasteiger partial charge in [-0.1, -0.05) is 258 Å². The van der Waals surface area contributed by atoms with Gasteiger partial charge in [0.05, 0.1) is 0 Å². The minimum atomic E-state index is 0.369. The van der Waals surface area contributed by atoms with Crippen LogP contribution in [0.3, 0.4) is 0 Å². The Kier molecular flexibility index (Phi) is 40.7. The maximum Gasteiger partial charge on any atom is 0.0153 e. The standard InChI is InChI=1S/C48H99N/c1-6-9-12-15-18-20-22-24-26-28-30-32-34-37-40-43-46-49(48(4,5)45-42-39-36-17-14-11-8-3)47-44-41-38-35-33-31-29-27-25-23-21-19-16-13-10-7-2/h6-47H2,1-5H3. The monoisotopic (exact) mass is 690 g/mol. The molecule has 0 radical (unpaired) electrons. The molecule has 0 aliphatic carbocycles. The van der Waals surface area contributed by atoms with Crippen LogP contribution in [0.1, 0.15) is 291 Å². The van der Waals surface area contributed by atoms with Crippen molar-refractivity contribution in [1.29, 1.82) is 0 Å². The van der Waals surface area contributed by atoms with Crippen LogP contribution in [-0.4, -0.2) is 23.5 Å². The van der Waals surface area contributed by atoms with Gasteiger partial charge < -0.3 is 0 Å². The van der Waals surface area contributed by atoms with Gasteiger partial charge >= 0.3 is 0 Å². The lowest BCUT2D eigenvalue weighted by molar-refractivity contribution is 0.102. The van der Waals surface area contributed by atoms with Crippen molar-refractivity contribution in [1.82, 2.24) is 4.90 Å². The van der Waals surface area contributed by atoms with Gasteiger partial charge in [0.25, 0.3) is 0 Å². The molecule has 0 aromatic heterocycles. The van der Waals surface area contributed by atoms with Gasteiger partial charge in [-0.05, 0) is 46.2 Å². The Morgan fingerprint density at radius 1 is 0.245 bits per heavy atom. The highest BCUT2D eigenvalue weighted by Gasteiger charge is 2.25. The number of nitrogens with zero attached hydrogens (tertiary/aromatic N) is 1. The molecule has 1 heteroatoms. The fourth-order valence-electron chi connectivity index (χ4n) is 8.09. The van der Waals surface area contributed by atoms with Gasteiger partial charge in [-0.3, -0.25) is 4.90 Å². The molecule has 0 aliphatic rings. The number of unbranched alkanes of at least 4 members (excludes halogenated alkanes) is 36. The first-order chi connectivity index (χ1) is 24.1. The second kappa shape index (κ2) is 40.7. The molecule has 0 aromatic carbocycles. The van der Waals surface area contributed by atoms with Gasteiger partial charge in [0, 0.05) is 5.54 Å². The summed E-state index contributed by atoms with van der Waals surface area (Å²) >= 11 is 0. The first-order valence-electron chi connectivity index (χ1n) is 23.8. The third kappa shape index (κ3) is 37.5. The Bertz CT molecular complexity index is 546. The Hall–Kier alpha value is -0.0400. The Balaban J connectivity index is 4.07. The van der Waals surface area contributed by atoms with Gasteiger partial charge in [0.1, 0.15) is 0 Å². The molecule has 49 heavy (non-hydrogen) atoms. The van der Waals surface area contributed by atoms with Crippen LogP contribution in [0.5, 0.6) is 0 Å². The molecule has 296 valence electrons. The van der Waals surface area contributed by atoms with Crippen LogP contribution >= 0.6 is 0 Å². The summed E-state index contributed by atoms with van der Waals surface area (Å²) in [4.78, 5) is 2.93. The molecule has 0 saturated heterocycles. The largest absolute Gasteiger partial charge is 0.298 e. The van der Waals surface area contributed by atoms with E-state index in [9.17, 15) is 0 Å². The van der Waals surface area contributed by atoms with Crippen LogP contribution in [0.2, 0.25) is 0 Å². The van der Waals surface area contributed by atoms with E-state index >= 15 is 0 Å². The normalized spacial score (nSPS) is 12.1. The minimum Gasteiger partial charge on any atom is -0.298 e. The summed E-state index contributed by atoms with van der Waals surface area (Å²) < 4.78 is 0. The van der Waals surface area contributed by atoms with Crippen molar-refractivity contribution >= 4 is 0 Å². The summed E-state index contributed by atoms with van der Waals surface area (Å²) in [7, 11) is 0. The van der Waals surface area contributed by atoms with Gasteiger partial charge in [0.15, 0.2) is 0 Å². The quantitative estimate of drug-likeness (QED) is 0.0576. The second-order valence-electron chi connectivity index (χ2n) is 17.3. The highest BCUT2D eigenvalue weighted by Crippen LogP contribution is 2.25. The van der Waals surface area contributed by atoms with Crippen LogP contribution in [0.4, 0.5) is 0 Å². The van der Waals surface area contributed by atoms with Gasteiger partial charge in [-0.25, -0.2) is 0 Å². The Labute approximate surface area is 314 Å². The van der Waals surface area contributed by atoms with E-state index in [1.807, 2.05) is 0 Å². The van der Waals surface area contributed by atoms with E-state index in [2.05, 4.69) is 39.5 Å². The summed E-state index contributed by atoms with van der Waals surface area (Å²) in [5, 5.41) is 0. The van der Waals surface area contributed by atoms with Crippen LogP contribution in [0.25, 0.3) is 0 Å². The van der Waals surface area contributed by atoms with Crippen molar-refractivity contribution in [3.63, 3.8) is 0 Å². The third-order valence-electron chi connectivity index (χ3n) is 11.8. The smallest absolute Gasteiger partial charge is 0.0153 e. The lowest BCUT2D eigenvalue weighted by atomic mass is 9.93. The van der Waals surface area contributed by atoms with Crippen LogP contribution in [0, 0.1) is 0 Å². The zero-order valence-electron chi connectivity index (χ0n) is 35.6. The van der Waals surface area contributed by atoms with Crippen LogP contribution in [0.15, 0.2) is 0 Å². The van der Waals surface area contributed by atoms with E-state index in [-0.39, 0.29) is 0 Å². The predicted molar refractivity (Wildman–Crippen MR) is 227 cm³/mol. The van der Waals surface area contributed by atoms with Crippen molar-refractivity contribution in [2.24, 2.45) is 0 Å². The highest BCUT2D eigenvalue weighted by molar-refractivity contribution is 4.81. The molecule has 0 saturated carbocycles. The number of hydrogen-bond acceptors (Lipinski definition) is 1. The van der Waals surface area contributed by atoms with E-state index in [4.69, 9.17) is 0 Å². The first-order valence-corrected chi connectivity index (χ1v) is 23.8. The van der Waals surface area contributed by atoms with E-state index in [0.29, 0.717) is 5.54 Å². The molecule has 0 heterocycles. The lowest BCUT2D eigenvalue weighted by Gasteiger charge is -2.39. The topological polar surface area (TPSA) is 3.24 Å². The summed E-state index contributed by atoms with van der Waals surface area (Å²) in [6.45, 7) is 14.8. The lowest BCUT2D eigenvalue weighted by Crippen LogP contribution is -2.45. The minimum absolute atomic E-state index is 0.369. The number of rotatable bonds is 43. The predicted octanol–water partition coefficient (Wildman–Crippen LogP) is 17.7. The molecule has 0 N–H and O–H groups in total. The molecular formula is C48H99N. The van der Waals surface area contributed by atoms with Crippen molar-refractivity contribution < 1.29 is 0 Å². The fraction of sp³-hybridized carbons (Fsp3) is 1.00. The van der Waals surface area contributed by atoms with E-state index < -0.39 is 0 Å². The second-order valence-corrected chi connectivity index (χ2v) is 17.3.